The monoisotopic (exact) mass is 380 g/mol. The van der Waals surface area contributed by atoms with Gasteiger partial charge in [0, 0.05) is 28.6 Å². The normalized spacial score (nSPS) is 10.9. The molecule has 3 rings (SSSR count). The Morgan fingerprint density at radius 1 is 1.15 bits per heavy atom. The van der Waals surface area contributed by atoms with Crippen LogP contribution < -0.4 is 10.7 Å². The number of fused-ring (bicyclic) bond motifs is 1. The second-order valence-electron chi connectivity index (χ2n) is 6.71. The molecule has 1 amide bonds. The van der Waals surface area contributed by atoms with Gasteiger partial charge in [0.05, 0.1) is 11.3 Å². The number of rotatable bonds is 6. The highest BCUT2D eigenvalue weighted by molar-refractivity contribution is 7.99. The number of carbonyl (C=O) groups is 1. The van der Waals surface area contributed by atoms with Crippen molar-refractivity contribution in [2.75, 3.05) is 11.1 Å². The first-order chi connectivity index (χ1) is 13.0. The molecule has 1 aromatic heterocycles. The predicted molar refractivity (Wildman–Crippen MR) is 115 cm³/mol. The lowest BCUT2D eigenvalue weighted by atomic mass is 10.1. The first-order valence-electron chi connectivity index (χ1n) is 9.06. The van der Waals surface area contributed by atoms with Gasteiger partial charge in [-0.05, 0) is 49.1 Å². The van der Waals surface area contributed by atoms with Gasteiger partial charge in [0.1, 0.15) is 0 Å². The zero-order valence-electron chi connectivity index (χ0n) is 15.9. The Morgan fingerprint density at radius 3 is 2.70 bits per heavy atom. The van der Waals surface area contributed by atoms with Crippen LogP contribution in [0.25, 0.3) is 10.9 Å². The Balaban J connectivity index is 1.65. The summed E-state index contributed by atoms with van der Waals surface area (Å²) in [6, 6.07) is 13.5. The van der Waals surface area contributed by atoms with Crippen LogP contribution in [0.4, 0.5) is 5.69 Å². The molecule has 0 unspecified atom stereocenters. The summed E-state index contributed by atoms with van der Waals surface area (Å²) in [7, 11) is 0. The summed E-state index contributed by atoms with van der Waals surface area (Å²) in [5, 5.41) is 3.71. The van der Waals surface area contributed by atoms with E-state index in [-0.39, 0.29) is 11.3 Å². The van der Waals surface area contributed by atoms with Crippen LogP contribution in [0.1, 0.15) is 29.3 Å². The third-order valence-corrected chi connectivity index (χ3v) is 5.47. The van der Waals surface area contributed by atoms with Gasteiger partial charge in [0.2, 0.25) is 5.91 Å². The van der Waals surface area contributed by atoms with E-state index < -0.39 is 0 Å². The number of hydrogen-bond donors (Lipinski definition) is 2. The molecule has 5 heteroatoms. The van der Waals surface area contributed by atoms with E-state index in [1.807, 2.05) is 50.2 Å². The molecular formula is C22H24N2O2S. The highest BCUT2D eigenvalue weighted by Gasteiger charge is 2.09. The Kier molecular flexibility index (Phi) is 6.01. The average Bonchev–Trinajstić information content (AvgIpc) is 2.61. The van der Waals surface area contributed by atoms with Crippen LogP contribution in [0.5, 0.6) is 0 Å². The number of benzene rings is 2. The molecule has 0 aliphatic heterocycles. The summed E-state index contributed by atoms with van der Waals surface area (Å²) in [4.78, 5) is 28.0. The fourth-order valence-corrected chi connectivity index (χ4v) is 4.04. The molecule has 0 radical (unpaired) electrons. The lowest BCUT2D eigenvalue weighted by Crippen LogP contribution is -2.15. The van der Waals surface area contributed by atoms with E-state index in [1.165, 1.54) is 11.8 Å². The number of aromatic amines is 1. The van der Waals surface area contributed by atoms with Crippen LogP contribution in [0.2, 0.25) is 0 Å². The van der Waals surface area contributed by atoms with E-state index in [1.54, 1.807) is 6.07 Å². The fourth-order valence-electron chi connectivity index (χ4n) is 3.30. The summed E-state index contributed by atoms with van der Waals surface area (Å²) < 4.78 is 0. The van der Waals surface area contributed by atoms with Crippen LogP contribution in [-0.4, -0.2) is 16.6 Å². The molecule has 140 valence electrons. The van der Waals surface area contributed by atoms with Crippen molar-refractivity contribution in [3.63, 3.8) is 0 Å². The number of hydrogen-bond acceptors (Lipinski definition) is 3. The average molecular weight is 381 g/mol. The number of carbonyl (C=O) groups excluding carboxylic acids is 1. The maximum atomic E-state index is 12.4. The van der Waals surface area contributed by atoms with Gasteiger partial charge in [0.25, 0.3) is 0 Å². The summed E-state index contributed by atoms with van der Waals surface area (Å²) in [6.07, 6.45) is 0.876. The minimum absolute atomic E-state index is 0.0261. The van der Waals surface area contributed by atoms with Crippen molar-refractivity contribution in [3.05, 3.63) is 75.1 Å². The minimum Gasteiger partial charge on any atom is -0.357 e. The first kappa shape index (κ1) is 19.2. The zero-order chi connectivity index (χ0) is 19.4. The molecule has 0 atom stereocenters. The molecule has 0 bridgehead atoms. The number of aromatic nitrogens is 1. The van der Waals surface area contributed by atoms with Gasteiger partial charge < -0.3 is 10.3 Å². The lowest BCUT2D eigenvalue weighted by molar-refractivity contribution is -0.113. The van der Waals surface area contributed by atoms with E-state index in [9.17, 15) is 9.59 Å². The van der Waals surface area contributed by atoms with Gasteiger partial charge >= 0.3 is 0 Å². The summed E-state index contributed by atoms with van der Waals surface area (Å²) in [5.41, 5.74) is 5.82. The van der Waals surface area contributed by atoms with E-state index in [2.05, 4.69) is 17.2 Å². The zero-order valence-corrected chi connectivity index (χ0v) is 16.7. The number of H-pyrrole nitrogens is 1. The topological polar surface area (TPSA) is 62.0 Å². The fraction of sp³-hybridized carbons (Fsp3) is 0.273. The number of para-hydroxylation sites is 1. The Hall–Kier alpha value is -2.53. The van der Waals surface area contributed by atoms with Gasteiger partial charge in [0.15, 0.2) is 5.43 Å². The number of thioether (sulfide) groups is 1. The molecule has 0 spiro atoms. The van der Waals surface area contributed by atoms with Crippen LogP contribution in [-0.2, 0) is 17.0 Å². The summed E-state index contributed by atoms with van der Waals surface area (Å²) >= 11 is 1.49. The van der Waals surface area contributed by atoms with E-state index in [0.29, 0.717) is 11.5 Å². The summed E-state index contributed by atoms with van der Waals surface area (Å²) in [5.74, 6) is 0.891. The number of aryl methyl sites for hydroxylation is 3. The van der Waals surface area contributed by atoms with Crippen molar-refractivity contribution in [1.82, 2.24) is 4.98 Å². The number of pyridine rings is 1. The molecule has 4 nitrogen and oxygen atoms in total. The third kappa shape index (κ3) is 4.61. The van der Waals surface area contributed by atoms with Crippen molar-refractivity contribution >= 4 is 34.3 Å². The van der Waals surface area contributed by atoms with Gasteiger partial charge in [-0.25, -0.2) is 0 Å². The van der Waals surface area contributed by atoms with Crippen molar-refractivity contribution in [3.8, 4) is 0 Å². The van der Waals surface area contributed by atoms with Crippen LogP contribution in [0.3, 0.4) is 0 Å². The third-order valence-electron chi connectivity index (χ3n) is 4.49. The smallest absolute Gasteiger partial charge is 0.234 e. The summed E-state index contributed by atoms with van der Waals surface area (Å²) in [6.45, 7) is 6.04. The van der Waals surface area contributed by atoms with Gasteiger partial charge in [-0.2, -0.15) is 0 Å². The van der Waals surface area contributed by atoms with Gasteiger partial charge in [-0.15, -0.1) is 11.8 Å². The molecule has 0 saturated heterocycles. The molecule has 1 heterocycles. The molecule has 0 saturated carbocycles. The number of nitrogens with one attached hydrogen (secondary N) is 2. The standard InChI is InChI=1S/C22H24N2O2S/c1-4-16-7-5-6-8-18(16)24-21(26)13-27-12-17-11-20(25)22-15(3)9-14(2)10-19(22)23-17/h5-11H,4,12-13H2,1-3H3,(H,23,25)(H,24,26). The Bertz CT molecular complexity index is 1040. The molecule has 2 N–H and O–H groups in total. The van der Waals surface area contributed by atoms with Crippen LogP contribution >= 0.6 is 11.8 Å². The Morgan fingerprint density at radius 2 is 1.93 bits per heavy atom. The Labute approximate surface area is 163 Å². The van der Waals surface area contributed by atoms with Crippen molar-refractivity contribution in [2.24, 2.45) is 0 Å². The first-order valence-corrected chi connectivity index (χ1v) is 10.2. The molecule has 2 aromatic carbocycles. The van der Waals surface area contributed by atoms with E-state index >= 15 is 0 Å². The largest absolute Gasteiger partial charge is 0.357 e. The van der Waals surface area contributed by atoms with Crippen LogP contribution in [0.15, 0.2) is 47.3 Å². The molecule has 3 aromatic rings. The second kappa shape index (κ2) is 8.44. The molecule has 27 heavy (non-hydrogen) atoms. The van der Waals surface area contributed by atoms with Gasteiger partial charge in [-0.1, -0.05) is 31.2 Å². The maximum Gasteiger partial charge on any atom is 0.234 e. The lowest BCUT2D eigenvalue weighted by Gasteiger charge is -2.10. The molecular weight excluding hydrogens is 356 g/mol. The highest BCUT2D eigenvalue weighted by Crippen LogP contribution is 2.19. The number of anilines is 1. The predicted octanol–water partition coefficient (Wildman–Crippen LogP) is 4.58. The number of amides is 1. The quantitative estimate of drug-likeness (QED) is 0.658. The van der Waals surface area contributed by atoms with Gasteiger partial charge in [-0.3, -0.25) is 9.59 Å². The van der Waals surface area contributed by atoms with Crippen molar-refractivity contribution in [2.45, 2.75) is 32.9 Å². The SMILES string of the molecule is CCc1ccccc1NC(=O)CSCc1cc(=O)c2c(C)cc(C)cc2[nH]1. The van der Waals surface area contributed by atoms with Crippen LogP contribution in [0, 0.1) is 13.8 Å². The van der Waals surface area contributed by atoms with E-state index in [0.717, 1.165) is 45.4 Å². The molecule has 0 aliphatic rings. The molecule has 0 fully saturated rings. The molecule has 0 aliphatic carbocycles. The van der Waals surface area contributed by atoms with Crippen molar-refractivity contribution < 1.29 is 4.79 Å². The minimum atomic E-state index is -0.0317. The maximum absolute atomic E-state index is 12.4. The highest BCUT2D eigenvalue weighted by atomic mass is 32.2. The van der Waals surface area contributed by atoms with E-state index in [4.69, 9.17) is 0 Å². The second-order valence-corrected chi connectivity index (χ2v) is 7.70. The van der Waals surface area contributed by atoms with Crippen molar-refractivity contribution in [1.29, 1.82) is 0 Å².